The third-order valence-corrected chi connectivity index (χ3v) is 7.96. The number of nitrogens with zero attached hydrogens (tertiary/aromatic N) is 1. The largest absolute Gasteiger partial charge is 0.504 e. The highest BCUT2D eigenvalue weighted by molar-refractivity contribution is 7.89. The third-order valence-electron chi connectivity index (χ3n) is 5.63. The number of hydrogen-bond acceptors (Lipinski definition) is 5. The van der Waals surface area contributed by atoms with Crippen LogP contribution in [-0.2, 0) is 10.0 Å². The van der Waals surface area contributed by atoms with E-state index in [-0.39, 0.29) is 47.1 Å². The van der Waals surface area contributed by atoms with Gasteiger partial charge in [0.2, 0.25) is 10.0 Å². The number of amides is 2. The number of phenolic OH excluding ortho intramolecular Hbond substituents is 1. The molecule has 0 radical (unpaired) electrons. The lowest BCUT2D eigenvalue weighted by Gasteiger charge is -2.32. The van der Waals surface area contributed by atoms with Crippen LogP contribution in [0.1, 0.15) is 18.4 Å². The number of nitrogens with one attached hydrogen (secondary N) is 3. The quantitative estimate of drug-likeness (QED) is 0.515. The Morgan fingerprint density at radius 1 is 1.16 bits per heavy atom. The van der Waals surface area contributed by atoms with Crippen molar-refractivity contribution in [3.05, 3.63) is 46.7 Å². The minimum atomic E-state index is -4.09. The van der Waals surface area contributed by atoms with Crippen molar-refractivity contribution in [3.8, 4) is 5.75 Å². The van der Waals surface area contributed by atoms with Gasteiger partial charge in [0, 0.05) is 36.4 Å². The molecule has 0 saturated carbocycles. The van der Waals surface area contributed by atoms with Crippen molar-refractivity contribution in [1.29, 1.82) is 0 Å². The number of sulfonamides is 1. The van der Waals surface area contributed by atoms with E-state index in [0.717, 1.165) is 12.8 Å². The molecule has 31 heavy (non-hydrogen) atoms. The zero-order valence-electron chi connectivity index (χ0n) is 16.7. The molecule has 2 aromatic rings. The van der Waals surface area contributed by atoms with E-state index < -0.39 is 32.5 Å². The Morgan fingerprint density at radius 2 is 1.81 bits per heavy atom. The number of halogens is 2. The van der Waals surface area contributed by atoms with Crippen LogP contribution in [0.25, 0.3) is 0 Å². The molecule has 2 unspecified atom stereocenters. The average molecular weight is 469 g/mol. The van der Waals surface area contributed by atoms with E-state index in [9.17, 15) is 22.7 Å². The van der Waals surface area contributed by atoms with Crippen molar-refractivity contribution in [2.75, 3.05) is 23.7 Å². The second kappa shape index (κ2) is 8.27. The number of urea groups is 1. The summed E-state index contributed by atoms with van der Waals surface area (Å²) in [7, 11) is -4.09. The van der Waals surface area contributed by atoms with Gasteiger partial charge in [0.1, 0.15) is 10.7 Å². The Kier molecular flexibility index (Phi) is 5.82. The molecule has 4 N–H and O–H groups in total. The Balaban J connectivity index is 1.59. The molecule has 4 rings (SSSR count). The summed E-state index contributed by atoms with van der Waals surface area (Å²) in [5.41, 5.74) is 0.359. The van der Waals surface area contributed by atoms with Crippen molar-refractivity contribution in [2.45, 2.75) is 36.7 Å². The predicted octanol–water partition coefficient (Wildman–Crippen LogP) is 3.26. The molecular weight excluding hydrogens is 447 g/mol. The molecule has 2 aliphatic heterocycles. The van der Waals surface area contributed by atoms with Gasteiger partial charge in [-0.3, -0.25) is 0 Å². The number of aromatic hydroxyl groups is 1. The lowest BCUT2D eigenvalue weighted by Crippen LogP contribution is -2.52. The van der Waals surface area contributed by atoms with Gasteiger partial charge >= 0.3 is 6.03 Å². The fraction of sp³-hybridized carbons (Fsp3) is 0.350. The summed E-state index contributed by atoms with van der Waals surface area (Å²) in [5, 5.41) is 18.8. The molecule has 2 heterocycles. The van der Waals surface area contributed by atoms with Crippen LogP contribution in [0.2, 0.25) is 5.02 Å². The van der Waals surface area contributed by atoms with Crippen LogP contribution in [0, 0.1) is 12.7 Å². The maximum absolute atomic E-state index is 13.7. The number of rotatable bonds is 4. The van der Waals surface area contributed by atoms with Crippen molar-refractivity contribution >= 4 is 39.0 Å². The van der Waals surface area contributed by atoms with Gasteiger partial charge in [0.25, 0.3) is 0 Å². The van der Waals surface area contributed by atoms with E-state index in [1.807, 2.05) is 0 Å². The van der Waals surface area contributed by atoms with Gasteiger partial charge in [-0.2, -0.15) is 4.31 Å². The first kappa shape index (κ1) is 21.8. The molecule has 0 spiro atoms. The summed E-state index contributed by atoms with van der Waals surface area (Å²) in [4.78, 5) is 11.9. The Labute approximate surface area is 184 Å². The molecule has 0 aliphatic carbocycles. The molecule has 0 aromatic heterocycles. The van der Waals surface area contributed by atoms with Gasteiger partial charge in [-0.05, 0) is 44.0 Å². The van der Waals surface area contributed by atoms with Crippen molar-refractivity contribution < 1.29 is 22.7 Å². The number of fused-ring (bicyclic) bond motifs is 2. The van der Waals surface area contributed by atoms with Crippen LogP contribution in [0.15, 0.2) is 35.2 Å². The topological polar surface area (TPSA) is 111 Å². The van der Waals surface area contributed by atoms with Crippen molar-refractivity contribution in [2.24, 2.45) is 0 Å². The minimum Gasteiger partial charge on any atom is -0.504 e. The molecular formula is C20H22ClFN4O4S. The first-order chi connectivity index (χ1) is 14.7. The monoisotopic (exact) mass is 468 g/mol. The number of carbonyl (C=O) groups is 1. The van der Waals surface area contributed by atoms with Crippen LogP contribution >= 0.6 is 11.6 Å². The summed E-state index contributed by atoms with van der Waals surface area (Å²) in [6, 6.07) is 6.20. The van der Waals surface area contributed by atoms with Crippen LogP contribution < -0.4 is 16.0 Å². The number of anilines is 2. The zero-order valence-corrected chi connectivity index (χ0v) is 18.2. The van der Waals surface area contributed by atoms with Crippen LogP contribution in [-0.4, -0.2) is 49.0 Å². The highest BCUT2D eigenvalue weighted by Gasteiger charge is 2.40. The Hall–Kier alpha value is -2.40. The SMILES string of the molecule is Cc1c(F)cccc1NC(=O)Nc1ccc(Cl)c(S(=O)(=O)N2CC3CCC(C2)N3)c1O. The lowest BCUT2D eigenvalue weighted by molar-refractivity contribution is 0.262. The molecule has 2 atom stereocenters. The van der Waals surface area contributed by atoms with E-state index in [4.69, 9.17) is 11.6 Å². The molecule has 2 saturated heterocycles. The van der Waals surface area contributed by atoms with Crippen LogP contribution in [0.3, 0.4) is 0 Å². The van der Waals surface area contributed by atoms with Gasteiger partial charge in [-0.1, -0.05) is 17.7 Å². The van der Waals surface area contributed by atoms with E-state index in [0.29, 0.717) is 0 Å². The second-order valence-corrected chi connectivity index (χ2v) is 10.0. The maximum Gasteiger partial charge on any atom is 0.323 e. The molecule has 2 aromatic carbocycles. The number of carbonyl (C=O) groups excluding carboxylic acids is 1. The molecule has 2 fully saturated rings. The number of benzene rings is 2. The Bertz CT molecular complexity index is 1130. The summed E-state index contributed by atoms with van der Waals surface area (Å²) >= 11 is 6.15. The van der Waals surface area contributed by atoms with E-state index in [2.05, 4.69) is 16.0 Å². The van der Waals surface area contributed by atoms with E-state index >= 15 is 0 Å². The fourth-order valence-electron chi connectivity index (χ4n) is 3.99. The van der Waals surface area contributed by atoms with Crippen LogP contribution in [0.4, 0.5) is 20.6 Å². The van der Waals surface area contributed by atoms with E-state index in [1.165, 1.54) is 41.6 Å². The summed E-state index contributed by atoms with van der Waals surface area (Å²) < 4.78 is 41.5. The van der Waals surface area contributed by atoms with Gasteiger partial charge in [0.05, 0.1) is 10.7 Å². The average Bonchev–Trinajstić information content (AvgIpc) is 3.05. The standard InChI is InChI=1S/C20H22ClFN4O4S/c1-11-15(22)3-2-4-16(11)24-20(28)25-17-8-7-14(21)19(18(17)27)31(29,30)26-9-12-5-6-13(10-26)23-12/h2-4,7-8,12-13,23,27H,5-6,9-10H2,1H3,(H2,24,25,28). The summed E-state index contributed by atoms with van der Waals surface area (Å²) in [5.74, 6) is -1.13. The normalized spacial score (nSPS) is 21.1. The first-order valence-electron chi connectivity index (χ1n) is 9.77. The maximum atomic E-state index is 13.7. The Morgan fingerprint density at radius 3 is 2.48 bits per heavy atom. The van der Waals surface area contributed by atoms with Gasteiger partial charge in [0.15, 0.2) is 5.75 Å². The first-order valence-corrected chi connectivity index (χ1v) is 11.6. The fourth-order valence-corrected chi connectivity index (χ4v) is 6.12. The minimum absolute atomic E-state index is 0.0658. The third kappa shape index (κ3) is 4.20. The smallest absolute Gasteiger partial charge is 0.323 e. The number of piperazine rings is 1. The highest BCUT2D eigenvalue weighted by Crippen LogP contribution is 2.39. The second-order valence-electron chi connectivity index (χ2n) is 7.72. The number of hydrogen-bond donors (Lipinski definition) is 4. The van der Waals surface area contributed by atoms with Gasteiger partial charge in [-0.15, -0.1) is 0 Å². The molecule has 2 bridgehead atoms. The molecule has 2 aliphatic rings. The van der Waals surface area contributed by atoms with Crippen molar-refractivity contribution in [3.63, 3.8) is 0 Å². The zero-order chi connectivity index (χ0) is 22.3. The number of phenols is 1. The lowest BCUT2D eigenvalue weighted by atomic mass is 10.2. The summed E-state index contributed by atoms with van der Waals surface area (Å²) in [6.45, 7) is 2.08. The van der Waals surface area contributed by atoms with Crippen LogP contribution in [0.5, 0.6) is 5.75 Å². The highest BCUT2D eigenvalue weighted by atomic mass is 35.5. The summed E-state index contributed by atoms with van der Waals surface area (Å²) in [6.07, 6.45) is 1.77. The molecule has 2 amide bonds. The molecule has 8 nitrogen and oxygen atoms in total. The van der Waals surface area contributed by atoms with Crippen molar-refractivity contribution in [1.82, 2.24) is 9.62 Å². The van der Waals surface area contributed by atoms with Gasteiger partial charge < -0.3 is 21.1 Å². The van der Waals surface area contributed by atoms with Gasteiger partial charge in [-0.25, -0.2) is 17.6 Å². The molecule has 11 heteroatoms. The van der Waals surface area contributed by atoms with E-state index in [1.54, 1.807) is 0 Å². The predicted molar refractivity (Wildman–Crippen MR) is 116 cm³/mol. The molecule has 166 valence electrons.